The van der Waals surface area contributed by atoms with Crippen molar-refractivity contribution in [3.63, 3.8) is 0 Å². The Labute approximate surface area is 204 Å². The fraction of sp³-hybridized carbons (Fsp3) is 0. The number of aromatic nitrogens is 1. The summed E-state index contributed by atoms with van der Waals surface area (Å²) in [6, 6.07) is 31.7. The smallest absolute Gasteiger partial charge is 0.271 e. The van der Waals surface area contributed by atoms with Gasteiger partial charge in [0, 0.05) is 21.1 Å². The maximum Gasteiger partial charge on any atom is 0.271 e. The average molecular weight is 547 g/mol. The summed E-state index contributed by atoms with van der Waals surface area (Å²) in [5.74, 6) is -0.0776. The molecule has 4 nitrogen and oxygen atoms in total. The van der Waals surface area contributed by atoms with E-state index in [9.17, 15) is 4.79 Å². The van der Waals surface area contributed by atoms with Crippen LogP contribution in [0.3, 0.4) is 0 Å². The lowest BCUT2D eigenvalue weighted by Gasteiger charge is -2.15. The van der Waals surface area contributed by atoms with E-state index in [4.69, 9.17) is 4.99 Å². The van der Waals surface area contributed by atoms with Crippen molar-refractivity contribution in [1.82, 2.24) is 4.57 Å². The fourth-order valence-electron chi connectivity index (χ4n) is 3.45. The average Bonchev–Trinajstić information content (AvgIpc) is 3.40. The number of para-hydroxylation sites is 2. The van der Waals surface area contributed by atoms with Gasteiger partial charge in [0.15, 0.2) is 5.17 Å². The van der Waals surface area contributed by atoms with Gasteiger partial charge in [0.05, 0.1) is 16.3 Å². The number of halogens is 1. The Balaban J connectivity index is 1.56. The molecule has 1 aromatic heterocycles. The van der Waals surface area contributed by atoms with Crippen molar-refractivity contribution in [3.8, 4) is 5.69 Å². The number of amidine groups is 1. The summed E-state index contributed by atoms with van der Waals surface area (Å²) in [5, 5.41) is 0.644. The summed E-state index contributed by atoms with van der Waals surface area (Å²) >= 11 is 3.69. The van der Waals surface area contributed by atoms with Crippen molar-refractivity contribution in [2.24, 2.45) is 4.99 Å². The predicted octanol–water partition coefficient (Wildman–Crippen LogP) is 6.89. The molecule has 0 unspecified atom stereocenters. The molecule has 0 atom stereocenters. The van der Waals surface area contributed by atoms with Gasteiger partial charge < -0.3 is 4.57 Å². The fourth-order valence-corrected chi connectivity index (χ4v) is 4.79. The van der Waals surface area contributed by atoms with E-state index in [1.807, 2.05) is 85.1 Å². The summed E-state index contributed by atoms with van der Waals surface area (Å²) in [6.45, 7) is 0. The quantitative estimate of drug-likeness (QED) is 0.206. The number of aliphatic imine (C=N–C) groups is 1. The van der Waals surface area contributed by atoms with E-state index >= 15 is 0 Å². The van der Waals surface area contributed by atoms with E-state index in [0.29, 0.717) is 10.1 Å². The minimum Gasteiger partial charge on any atom is -0.317 e. The van der Waals surface area contributed by atoms with Crippen LogP contribution in [0.5, 0.6) is 0 Å². The number of benzene rings is 3. The van der Waals surface area contributed by atoms with Gasteiger partial charge in [-0.1, -0.05) is 36.4 Å². The minimum atomic E-state index is -0.0776. The third-order valence-corrected chi connectivity index (χ3v) is 6.65. The van der Waals surface area contributed by atoms with E-state index in [0.717, 1.165) is 22.8 Å². The first-order chi connectivity index (χ1) is 15.7. The molecule has 156 valence electrons. The van der Waals surface area contributed by atoms with Crippen molar-refractivity contribution < 1.29 is 4.79 Å². The molecule has 0 saturated carbocycles. The normalized spacial score (nSPS) is 16.3. The number of amides is 1. The summed E-state index contributed by atoms with van der Waals surface area (Å²) in [4.78, 5) is 20.6. The second-order valence-corrected chi connectivity index (χ2v) is 9.35. The molecule has 0 radical (unpaired) electrons. The molecular formula is C26H18IN3OS. The second-order valence-electron chi connectivity index (χ2n) is 7.10. The highest BCUT2D eigenvalue weighted by Crippen LogP contribution is 2.37. The third kappa shape index (κ3) is 4.28. The van der Waals surface area contributed by atoms with Crippen molar-refractivity contribution in [1.29, 1.82) is 0 Å². The molecule has 1 saturated heterocycles. The van der Waals surface area contributed by atoms with E-state index in [1.54, 1.807) is 4.90 Å². The van der Waals surface area contributed by atoms with Crippen LogP contribution in [-0.4, -0.2) is 15.6 Å². The van der Waals surface area contributed by atoms with Crippen molar-refractivity contribution in [2.75, 3.05) is 4.90 Å². The van der Waals surface area contributed by atoms with Crippen LogP contribution >= 0.6 is 34.4 Å². The molecule has 1 amide bonds. The Bertz CT molecular complexity index is 1310. The van der Waals surface area contributed by atoms with E-state index in [-0.39, 0.29) is 5.91 Å². The number of rotatable bonds is 4. The Kier molecular flexibility index (Phi) is 5.96. The van der Waals surface area contributed by atoms with E-state index in [2.05, 4.69) is 51.4 Å². The number of carbonyl (C=O) groups is 1. The standard InChI is InChI=1S/C26H18IN3OS/c27-19-13-15-21(16-14-19)29-17-7-12-23(29)18-24-25(31)30(22-10-5-2-6-11-22)26(32-24)28-20-8-3-1-4-9-20/h1-18H. The van der Waals surface area contributed by atoms with Gasteiger partial charge in [0.1, 0.15) is 0 Å². The van der Waals surface area contributed by atoms with Crippen LogP contribution in [0.15, 0.2) is 113 Å². The van der Waals surface area contributed by atoms with E-state index < -0.39 is 0 Å². The number of thioether (sulfide) groups is 1. The van der Waals surface area contributed by atoms with E-state index in [1.165, 1.54) is 15.3 Å². The van der Waals surface area contributed by atoms with Crippen molar-refractivity contribution in [2.45, 2.75) is 0 Å². The monoisotopic (exact) mass is 547 g/mol. The van der Waals surface area contributed by atoms with Gasteiger partial charge in [0.25, 0.3) is 5.91 Å². The number of anilines is 1. The molecule has 2 heterocycles. The predicted molar refractivity (Wildman–Crippen MR) is 142 cm³/mol. The molecule has 1 aliphatic rings. The zero-order valence-electron chi connectivity index (χ0n) is 16.9. The maximum atomic E-state index is 13.5. The van der Waals surface area contributed by atoms with Crippen LogP contribution in [0.25, 0.3) is 11.8 Å². The van der Waals surface area contributed by atoms with Gasteiger partial charge in [-0.25, -0.2) is 4.99 Å². The molecule has 32 heavy (non-hydrogen) atoms. The maximum absolute atomic E-state index is 13.5. The molecule has 6 heteroatoms. The molecule has 1 aliphatic heterocycles. The van der Waals surface area contributed by atoms with Crippen LogP contribution < -0.4 is 4.90 Å². The third-order valence-electron chi connectivity index (χ3n) is 4.97. The van der Waals surface area contributed by atoms with Crippen LogP contribution in [0.1, 0.15) is 5.69 Å². The zero-order valence-corrected chi connectivity index (χ0v) is 19.9. The first kappa shape index (κ1) is 20.8. The van der Waals surface area contributed by atoms with Crippen LogP contribution in [0, 0.1) is 3.57 Å². The second kappa shape index (κ2) is 9.18. The summed E-state index contributed by atoms with van der Waals surface area (Å²) in [5.41, 5.74) is 3.61. The van der Waals surface area contributed by atoms with Crippen molar-refractivity contribution in [3.05, 3.63) is 117 Å². The Morgan fingerprint density at radius 3 is 2.19 bits per heavy atom. The lowest BCUT2D eigenvalue weighted by atomic mass is 10.2. The zero-order chi connectivity index (χ0) is 21.9. The highest BCUT2D eigenvalue weighted by molar-refractivity contribution is 14.1. The Hall–Kier alpha value is -3.10. The SMILES string of the molecule is O=C1C(=Cc2cccn2-c2ccc(I)cc2)SC(=Nc2ccccc2)N1c1ccccc1. The highest BCUT2D eigenvalue weighted by Gasteiger charge is 2.34. The summed E-state index contributed by atoms with van der Waals surface area (Å²) in [7, 11) is 0. The van der Waals surface area contributed by atoms with Crippen LogP contribution in [0.2, 0.25) is 0 Å². The molecule has 1 fully saturated rings. The lowest BCUT2D eigenvalue weighted by Crippen LogP contribution is -2.28. The lowest BCUT2D eigenvalue weighted by molar-refractivity contribution is -0.113. The number of hydrogen-bond acceptors (Lipinski definition) is 3. The number of hydrogen-bond donors (Lipinski definition) is 0. The van der Waals surface area contributed by atoms with Gasteiger partial charge in [-0.3, -0.25) is 9.69 Å². The highest BCUT2D eigenvalue weighted by atomic mass is 127. The van der Waals surface area contributed by atoms with Crippen LogP contribution in [0.4, 0.5) is 11.4 Å². The first-order valence-corrected chi connectivity index (χ1v) is 11.9. The molecule has 4 aromatic rings. The molecule has 3 aromatic carbocycles. The molecule has 0 aliphatic carbocycles. The molecular weight excluding hydrogens is 529 g/mol. The topological polar surface area (TPSA) is 37.6 Å². The van der Waals surface area contributed by atoms with Gasteiger partial charge in [0.2, 0.25) is 0 Å². The number of nitrogens with zero attached hydrogens (tertiary/aromatic N) is 3. The van der Waals surface area contributed by atoms with Gasteiger partial charge in [-0.05, 0) is 101 Å². The van der Waals surface area contributed by atoms with Crippen molar-refractivity contribution >= 4 is 62.9 Å². The molecule has 0 bridgehead atoms. The van der Waals surface area contributed by atoms with Gasteiger partial charge in [-0.15, -0.1) is 0 Å². The Morgan fingerprint density at radius 1 is 0.781 bits per heavy atom. The molecule has 0 spiro atoms. The minimum absolute atomic E-state index is 0.0776. The summed E-state index contributed by atoms with van der Waals surface area (Å²) < 4.78 is 3.26. The molecule has 0 N–H and O–H groups in total. The van der Waals surface area contributed by atoms with Gasteiger partial charge in [-0.2, -0.15) is 0 Å². The first-order valence-electron chi connectivity index (χ1n) is 10.1. The summed E-state index contributed by atoms with van der Waals surface area (Å²) in [6.07, 6.45) is 3.95. The molecule has 5 rings (SSSR count). The van der Waals surface area contributed by atoms with Crippen LogP contribution in [-0.2, 0) is 4.79 Å². The van der Waals surface area contributed by atoms with Gasteiger partial charge >= 0.3 is 0 Å². The number of carbonyl (C=O) groups excluding carboxylic acids is 1. The Morgan fingerprint density at radius 2 is 1.47 bits per heavy atom. The largest absolute Gasteiger partial charge is 0.317 e.